The van der Waals surface area contributed by atoms with Crippen LogP contribution in [-0.4, -0.2) is 33.3 Å². The minimum Gasteiger partial charge on any atom is -0.496 e. The highest BCUT2D eigenvalue weighted by Gasteiger charge is 2.15. The monoisotopic (exact) mass is 342 g/mol. The number of amides is 1. The van der Waals surface area contributed by atoms with Crippen LogP contribution in [0.3, 0.4) is 0 Å². The van der Waals surface area contributed by atoms with Gasteiger partial charge in [0, 0.05) is 35.5 Å². The lowest BCUT2D eigenvalue weighted by Gasteiger charge is -2.13. The highest BCUT2D eigenvalue weighted by Crippen LogP contribution is 2.30. The number of ether oxygens (including phenoxy) is 3. The molecule has 6 heteroatoms. The molecule has 0 atom stereocenters. The molecular weight excluding hydrogens is 320 g/mol. The lowest BCUT2D eigenvalue weighted by atomic mass is 10.1. The van der Waals surface area contributed by atoms with Crippen LogP contribution in [0.2, 0.25) is 0 Å². The number of carbonyl (C=O) groups excluding carboxylic acids is 1. The SMILES string of the molecule is COc1cc(C(=O)Nc2ccc3c(c2)CNCCO3)cc(OC)c1C. The van der Waals surface area contributed by atoms with Gasteiger partial charge in [0.1, 0.15) is 23.9 Å². The van der Waals surface area contributed by atoms with Crippen molar-refractivity contribution >= 4 is 11.6 Å². The molecule has 1 aliphatic rings. The van der Waals surface area contributed by atoms with E-state index in [9.17, 15) is 4.79 Å². The molecule has 0 aliphatic carbocycles. The molecule has 3 rings (SSSR count). The second-order valence-electron chi connectivity index (χ2n) is 5.81. The Kier molecular flexibility index (Phi) is 5.09. The predicted octanol–water partition coefficient (Wildman–Crippen LogP) is 2.75. The van der Waals surface area contributed by atoms with Crippen LogP contribution in [0.15, 0.2) is 30.3 Å². The number of hydrogen-bond acceptors (Lipinski definition) is 5. The fourth-order valence-corrected chi connectivity index (χ4v) is 2.81. The number of rotatable bonds is 4. The number of benzene rings is 2. The number of anilines is 1. The molecule has 132 valence electrons. The molecule has 0 saturated heterocycles. The lowest BCUT2D eigenvalue weighted by molar-refractivity contribution is 0.102. The van der Waals surface area contributed by atoms with Crippen molar-refractivity contribution in [3.05, 3.63) is 47.0 Å². The van der Waals surface area contributed by atoms with Gasteiger partial charge in [-0.1, -0.05) is 0 Å². The van der Waals surface area contributed by atoms with Crippen LogP contribution in [-0.2, 0) is 6.54 Å². The van der Waals surface area contributed by atoms with Gasteiger partial charge in [0.25, 0.3) is 5.91 Å². The van der Waals surface area contributed by atoms with Gasteiger partial charge in [-0.05, 0) is 37.3 Å². The first-order valence-electron chi connectivity index (χ1n) is 8.13. The Morgan fingerprint density at radius 2 is 1.88 bits per heavy atom. The van der Waals surface area contributed by atoms with Crippen molar-refractivity contribution in [2.75, 3.05) is 32.7 Å². The molecule has 1 amide bonds. The van der Waals surface area contributed by atoms with Crippen molar-refractivity contribution in [2.45, 2.75) is 13.5 Å². The summed E-state index contributed by atoms with van der Waals surface area (Å²) in [5.74, 6) is 1.86. The zero-order valence-electron chi connectivity index (χ0n) is 14.6. The fourth-order valence-electron chi connectivity index (χ4n) is 2.81. The van der Waals surface area contributed by atoms with Gasteiger partial charge in [-0.15, -0.1) is 0 Å². The van der Waals surface area contributed by atoms with E-state index in [1.54, 1.807) is 26.4 Å². The third-order valence-corrected chi connectivity index (χ3v) is 4.18. The highest BCUT2D eigenvalue weighted by atomic mass is 16.5. The topological polar surface area (TPSA) is 68.8 Å². The molecule has 25 heavy (non-hydrogen) atoms. The molecule has 0 spiro atoms. The van der Waals surface area contributed by atoms with E-state index < -0.39 is 0 Å². The molecule has 2 aromatic carbocycles. The van der Waals surface area contributed by atoms with E-state index in [4.69, 9.17) is 14.2 Å². The van der Waals surface area contributed by atoms with E-state index in [0.29, 0.717) is 30.2 Å². The van der Waals surface area contributed by atoms with E-state index in [1.807, 2.05) is 25.1 Å². The summed E-state index contributed by atoms with van der Waals surface area (Å²) in [6.07, 6.45) is 0. The average Bonchev–Trinajstić information content (AvgIpc) is 2.86. The molecule has 1 heterocycles. The average molecular weight is 342 g/mol. The Morgan fingerprint density at radius 3 is 2.56 bits per heavy atom. The fraction of sp³-hybridized carbons (Fsp3) is 0.316. The highest BCUT2D eigenvalue weighted by molar-refractivity contribution is 6.05. The first-order valence-corrected chi connectivity index (χ1v) is 8.13. The molecule has 0 radical (unpaired) electrons. The van der Waals surface area contributed by atoms with Crippen LogP contribution in [0, 0.1) is 6.92 Å². The number of methoxy groups -OCH3 is 2. The van der Waals surface area contributed by atoms with Gasteiger partial charge < -0.3 is 24.8 Å². The van der Waals surface area contributed by atoms with Gasteiger partial charge in [0.2, 0.25) is 0 Å². The van der Waals surface area contributed by atoms with Crippen molar-refractivity contribution in [3.8, 4) is 17.2 Å². The summed E-state index contributed by atoms with van der Waals surface area (Å²) in [6, 6.07) is 9.07. The summed E-state index contributed by atoms with van der Waals surface area (Å²) in [5.41, 5.74) is 3.07. The van der Waals surface area contributed by atoms with Crippen LogP contribution in [0.1, 0.15) is 21.5 Å². The Morgan fingerprint density at radius 1 is 1.16 bits per heavy atom. The van der Waals surface area contributed by atoms with Gasteiger partial charge in [-0.3, -0.25) is 4.79 Å². The zero-order chi connectivity index (χ0) is 17.8. The molecule has 2 aromatic rings. The summed E-state index contributed by atoms with van der Waals surface area (Å²) in [7, 11) is 3.14. The van der Waals surface area contributed by atoms with Crippen LogP contribution in [0.5, 0.6) is 17.2 Å². The van der Waals surface area contributed by atoms with E-state index in [0.717, 1.165) is 29.1 Å². The molecule has 6 nitrogen and oxygen atoms in total. The minimum absolute atomic E-state index is 0.223. The van der Waals surface area contributed by atoms with Crippen molar-refractivity contribution in [1.82, 2.24) is 5.32 Å². The van der Waals surface area contributed by atoms with Gasteiger partial charge in [0.05, 0.1) is 14.2 Å². The van der Waals surface area contributed by atoms with Crippen LogP contribution in [0.4, 0.5) is 5.69 Å². The number of carbonyl (C=O) groups is 1. The third kappa shape index (κ3) is 3.69. The zero-order valence-corrected chi connectivity index (χ0v) is 14.6. The van der Waals surface area contributed by atoms with Gasteiger partial charge in [0.15, 0.2) is 0 Å². The smallest absolute Gasteiger partial charge is 0.255 e. The van der Waals surface area contributed by atoms with Crippen molar-refractivity contribution in [2.24, 2.45) is 0 Å². The Bertz CT molecular complexity index is 764. The Labute approximate surface area is 147 Å². The second kappa shape index (κ2) is 7.44. The molecule has 1 aliphatic heterocycles. The van der Waals surface area contributed by atoms with Crippen molar-refractivity contribution < 1.29 is 19.0 Å². The molecule has 0 aromatic heterocycles. The number of fused-ring (bicyclic) bond motifs is 1. The summed E-state index contributed by atoms with van der Waals surface area (Å²) >= 11 is 0. The first kappa shape index (κ1) is 17.1. The standard InChI is InChI=1S/C19H22N2O4/c1-12-17(23-2)9-13(10-18(12)24-3)19(22)21-15-4-5-16-14(8-15)11-20-6-7-25-16/h4-5,8-10,20H,6-7,11H2,1-3H3,(H,21,22). The second-order valence-corrected chi connectivity index (χ2v) is 5.81. The van der Waals surface area contributed by atoms with Crippen LogP contribution >= 0.6 is 0 Å². The van der Waals surface area contributed by atoms with E-state index in [2.05, 4.69) is 10.6 Å². The largest absolute Gasteiger partial charge is 0.496 e. The Balaban J connectivity index is 1.84. The van der Waals surface area contributed by atoms with Crippen LogP contribution < -0.4 is 24.8 Å². The lowest BCUT2D eigenvalue weighted by Crippen LogP contribution is -2.16. The molecule has 0 unspecified atom stereocenters. The van der Waals surface area contributed by atoms with E-state index in [-0.39, 0.29) is 5.91 Å². The molecular formula is C19H22N2O4. The summed E-state index contributed by atoms with van der Waals surface area (Å²) in [6.45, 7) is 4.05. The predicted molar refractivity (Wildman–Crippen MR) is 95.9 cm³/mol. The molecule has 0 saturated carbocycles. The summed E-state index contributed by atoms with van der Waals surface area (Å²) in [5, 5.41) is 6.20. The van der Waals surface area contributed by atoms with Crippen molar-refractivity contribution in [3.63, 3.8) is 0 Å². The van der Waals surface area contributed by atoms with Gasteiger partial charge >= 0.3 is 0 Å². The van der Waals surface area contributed by atoms with E-state index in [1.165, 1.54) is 0 Å². The van der Waals surface area contributed by atoms with Gasteiger partial charge in [-0.25, -0.2) is 0 Å². The minimum atomic E-state index is -0.223. The third-order valence-electron chi connectivity index (χ3n) is 4.18. The maximum Gasteiger partial charge on any atom is 0.255 e. The number of nitrogens with one attached hydrogen (secondary N) is 2. The quantitative estimate of drug-likeness (QED) is 0.894. The normalized spacial score (nSPS) is 13.2. The molecule has 0 bridgehead atoms. The maximum absolute atomic E-state index is 12.6. The first-order chi connectivity index (χ1) is 12.1. The van der Waals surface area contributed by atoms with Crippen molar-refractivity contribution in [1.29, 1.82) is 0 Å². The van der Waals surface area contributed by atoms with E-state index >= 15 is 0 Å². The van der Waals surface area contributed by atoms with Gasteiger partial charge in [-0.2, -0.15) is 0 Å². The summed E-state index contributed by atoms with van der Waals surface area (Å²) < 4.78 is 16.3. The van der Waals surface area contributed by atoms with Crippen LogP contribution in [0.25, 0.3) is 0 Å². The molecule has 2 N–H and O–H groups in total. The number of hydrogen-bond donors (Lipinski definition) is 2. The Hall–Kier alpha value is -2.73. The summed E-state index contributed by atoms with van der Waals surface area (Å²) in [4.78, 5) is 12.6. The maximum atomic E-state index is 12.6. The molecule has 0 fully saturated rings.